The van der Waals surface area contributed by atoms with Crippen molar-refractivity contribution in [3.05, 3.63) is 0 Å². The fourth-order valence-corrected chi connectivity index (χ4v) is 1.03. The van der Waals surface area contributed by atoms with E-state index in [1.165, 1.54) is 0 Å². The van der Waals surface area contributed by atoms with E-state index < -0.39 is 0 Å². The number of hydrazone groups is 2. The highest BCUT2D eigenvalue weighted by molar-refractivity contribution is 5.83. The Morgan fingerprint density at radius 2 is 1.11 bits per heavy atom. The second kappa shape index (κ2) is 9.32. The highest BCUT2D eigenvalue weighted by Gasteiger charge is 2.02. The molecule has 0 spiro atoms. The summed E-state index contributed by atoms with van der Waals surface area (Å²) < 4.78 is 0. The summed E-state index contributed by atoms with van der Waals surface area (Å²) in [5.41, 5.74) is 6.48. The minimum atomic E-state index is -0.126. The molecule has 0 aliphatic carbocycles. The number of carbonyl (C=O) groups is 2. The van der Waals surface area contributed by atoms with E-state index >= 15 is 0 Å². The maximum atomic E-state index is 11.3. The van der Waals surface area contributed by atoms with Crippen molar-refractivity contribution in [2.45, 2.75) is 53.4 Å². The average Bonchev–Trinajstić information content (AvgIpc) is 2.29. The Kier molecular flexibility index (Phi) is 8.43. The van der Waals surface area contributed by atoms with Crippen molar-refractivity contribution in [1.29, 1.82) is 0 Å². The van der Waals surface area contributed by atoms with Gasteiger partial charge in [-0.15, -0.1) is 0 Å². The molecule has 0 atom stereocenters. The van der Waals surface area contributed by atoms with Gasteiger partial charge < -0.3 is 0 Å². The summed E-state index contributed by atoms with van der Waals surface area (Å²) in [7, 11) is 0. The Morgan fingerprint density at radius 3 is 1.39 bits per heavy atom. The van der Waals surface area contributed by atoms with Crippen LogP contribution in [0.4, 0.5) is 0 Å². The first kappa shape index (κ1) is 16.3. The highest BCUT2D eigenvalue weighted by Crippen LogP contribution is 1.99. The first-order valence-electron chi connectivity index (χ1n) is 6.01. The smallest absolute Gasteiger partial charge is 0.240 e. The quantitative estimate of drug-likeness (QED) is 0.410. The number of rotatable bonds is 7. The number of carbonyl (C=O) groups excluding carboxylic acids is 2. The summed E-state index contributed by atoms with van der Waals surface area (Å²) in [4.78, 5) is 22.5. The lowest BCUT2D eigenvalue weighted by molar-refractivity contribution is -0.123. The van der Waals surface area contributed by atoms with Gasteiger partial charge in [0.15, 0.2) is 0 Å². The van der Waals surface area contributed by atoms with E-state index in [2.05, 4.69) is 21.1 Å². The third kappa shape index (κ3) is 10.8. The normalized spacial score (nSPS) is 9.33. The molecule has 0 rings (SSSR count). The van der Waals surface area contributed by atoms with Crippen LogP contribution in [0.5, 0.6) is 0 Å². The zero-order chi connectivity index (χ0) is 14.0. The van der Waals surface area contributed by atoms with Gasteiger partial charge in [0.05, 0.1) is 0 Å². The Hall–Kier alpha value is -1.72. The largest absolute Gasteiger partial charge is 0.273 e. The van der Waals surface area contributed by atoms with Gasteiger partial charge in [0, 0.05) is 24.3 Å². The third-order valence-electron chi connectivity index (χ3n) is 1.87. The van der Waals surface area contributed by atoms with Crippen molar-refractivity contribution >= 4 is 23.2 Å². The molecular weight excluding hydrogens is 232 g/mol. The number of nitrogens with zero attached hydrogens (tertiary/aromatic N) is 2. The Morgan fingerprint density at radius 1 is 0.778 bits per heavy atom. The lowest BCUT2D eigenvalue weighted by atomic mass is 10.2. The summed E-state index contributed by atoms with van der Waals surface area (Å²) in [6.45, 7) is 7.23. The first-order valence-corrected chi connectivity index (χ1v) is 6.01. The Balaban J connectivity index is 3.62. The Bertz CT molecular complexity index is 306. The molecule has 6 heteroatoms. The molecule has 2 N–H and O–H groups in total. The van der Waals surface area contributed by atoms with Crippen LogP contribution in [0.25, 0.3) is 0 Å². The summed E-state index contributed by atoms with van der Waals surface area (Å²) in [5.74, 6) is -0.252. The minimum absolute atomic E-state index is 0.126. The molecule has 0 heterocycles. The number of hydrogen-bond donors (Lipinski definition) is 2. The van der Waals surface area contributed by atoms with E-state index in [1.54, 1.807) is 27.7 Å². The molecule has 0 aromatic heterocycles. The molecule has 0 saturated carbocycles. The van der Waals surface area contributed by atoms with Crippen LogP contribution in [0.1, 0.15) is 53.4 Å². The van der Waals surface area contributed by atoms with Gasteiger partial charge in [0.1, 0.15) is 0 Å². The maximum absolute atomic E-state index is 11.3. The van der Waals surface area contributed by atoms with Gasteiger partial charge in [-0.2, -0.15) is 10.2 Å². The van der Waals surface area contributed by atoms with Gasteiger partial charge in [-0.25, -0.2) is 10.9 Å². The van der Waals surface area contributed by atoms with Crippen LogP contribution in [-0.2, 0) is 9.59 Å². The van der Waals surface area contributed by atoms with E-state index in [4.69, 9.17) is 0 Å². The summed E-state index contributed by atoms with van der Waals surface area (Å²) in [6.07, 6.45) is 2.07. The lowest BCUT2D eigenvalue weighted by Crippen LogP contribution is -2.19. The summed E-state index contributed by atoms with van der Waals surface area (Å²) in [6, 6.07) is 0. The van der Waals surface area contributed by atoms with Crippen LogP contribution >= 0.6 is 0 Å². The van der Waals surface area contributed by atoms with Crippen LogP contribution < -0.4 is 10.9 Å². The molecule has 102 valence electrons. The van der Waals surface area contributed by atoms with Crippen molar-refractivity contribution in [2.24, 2.45) is 10.2 Å². The molecule has 6 nitrogen and oxygen atoms in total. The molecule has 18 heavy (non-hydrogen) atoms. The zero-order valence-corrected chi connectivity index (χ0v) is 11.5. The number of unbranched alkanes of at least 4 members (excludes halogenated alkanes) is 1. The van der Waals surface area contributed by atoms with Gasteiger partial charge in [0.2, 0.25) is 11.8 Å². The maximum Gasteiger partial charge on any atom is 0.240 e. The number of amides is 2. The van der Waals surface area contributed by atoms with Crippen LogP contribution in [0, 0.1) is 0 Å². The summed E-state index contributed by atoms with van der Waals surface area (Å²) in [5, 5.41) is 7.61. The van der Waals surface area contributed by atoms with E-state index in [1.807, 2.05) is 0 Å². The van der Waals surface area contributed by atoms with E-state index in [0.717, 1.165) is 11.4 Å². The van der Waals surface area contributed by atoms with Crippen molar-refractivity contribution in [1.82, 2.24) is 10.9 Å². The van der Waals surface area contributed by atoms with Crippen LogP contribution in [0.15, 0.2) is 10.2 Å². The number of hydrogen-bond acceptors (Lipinski definition) is 4. The predicted octanol–water partition coefficient (Wildman–Crippen LogP) is 1.57. The van der Waals surface area contributed by atoms with Crippen molar-refractivity contribution in [3.8, 4) is 0 Å². The van der Waals surface area contributed by atoms with Crippen LogP contribution in [-0.4, -0.2) is 23.2 Å². The second-order valence-electron chi connectivity index (χ2n) is 4.40. The minimum Gasteiger partial charge on any atom is -0.273 e. The molecule has 0 unspecified atom stereocenters. The fraction of sp³-hybridized carbons (Fsp3) is 0.667. The van der Waals surface area contributed by atoms with Gasteiger partial charge in [-0.3, -0.25) is 9.59 Å². The van der Waals surface area contributed by atoms with Crippen LogP contribution in [0.2, 0.25) is 0 Å². The highest BCUT2D eigenvalue weighted by atomic mass is 16.2. The standard InChI is InChI=1S/C12H22N4O2/c1-9(2)13-15-11(17)7-5-6-8-12(18)16-14-10(3)4/h5-8H2,1-4H3,(H,15,17)(H,16,18). The summed E-state index contributed by atoms with van der Waals surface area (Å²) >= 11 is 0. The zero-order valence-electron chi connectivity index (χ0n) is 11.5. The second-order valence-corrected chi connectivity index (χ2v) is 4.40. The van der Waals surface area contributed by atoms with Crippen molar-refractivity contribution in [2.75, 3.05) is 0 Å². The molecule has 0 saturated heterocycles. The van der Waals surface area contributed by atoms with Gasteiger partial charge in [-0.05, 0) is 40.5 Å². The molecule has 2 amide bonds. The lowest BCUT2D eigenvalue weighted by Gasteiger charge is -2.01. The third-order valence-corrected chi connectivity index (χ3v) is 1.87. The van der Waals surface area contributed by atoms with E-state index in [0.29, 0.717) is 25.7 Å². The van der Waals surface area contributed by atoms with Gasteiger partial charge >= 0.3 is 0 Å². The molecule has 0 aromatic carbocycles. The van der Waals surface area contributed by atoms with Crippen molar-refractivity contribution in [3.63, 3.8) is 0 Å². The van der Waals surface area contributed by atoms with E-state index in [9.17, 15) is 9.59 Å². The topological polar surface area (TPSA) is 82.9 Å². The fourth-order valence-electron chi connectivity index (χ4n) is 1.03. The molecule has 0 fully saturated rings. The first-order chi connectivity index (χ1) is 8.41. The Labute approximate surface area is 108 Å². The van der Waals surface area contributed by atoms with Gasteiger partial charge in [-0.1, -0.05) is 0 Å². The van der Waals surface area contributed by atoms with Crippen molar-refractivity contribution < 1.29 is 9.59 Å². The number of nitrogens with one attached hydrogen (secondary N) is 2. The van der Waals surface area contributed by atoms with E-state index in [-0.39, 0.29) is 11.8 Å². The predicted molar refractivity (Wildman–Crippen MR) is 72.3 cm³/mol. The molecule has 0 aliphatic heterocycles. The monoisotopic (exact) mass is 254 g/mol. The molecular formula is C12H22N4O2. The SMILES string of the molecule is CC(C)=NNC(=O)CCCCC(=O)NN=C(C)C. The van der Waals surface area contributed by atoms with Crippen LogP contribution in [0.3, 0.4) is 0 Å². The molecule has 0 radical (unpaired) electrons. The average molecular weight is 254 g/mol. The van der Waals surface area contributed by atoms with Gasteiger partial charge in [0.25, 0.3) is 0 Å². The molecule has 0 aromatic rings. The molecule has 0 aliphatic rings. The molecule has 0 bridgehead atoms.